The van der Waals surface area contributed by atoms with Crippen LogP contribution >= 0.6 is 0 Å². The lowest BCUT2D eigenvalue weighted by Gasteiger charge is -2.30. The quantitative estimate of drug-likeness (QED) is 0.812. The summed E-state index contributed by atoms with van der Waals surface area (Å²) in [4.78, 5) is 25.8. The van der Waals surface area contributed by atoms with Crippen LogP contribution in [0.25, 0.3) is 0 Å². The van der Waals surface area contributed by atoms with Crippen molar-refractivity contribution in [1.29, 1.82) is 0 Å². The molecule has 1 aromatic heterocycles. The Labute approximate surface area is 113 Å². The zero-order chi connectivity index (χ0) is 13.8. The minimum absolute atomic E-state index is 0.103. The van der Waals surface area contributed by atoms with E-state index >= 15 is 0 Å². The van der Waals surface area contributed by atoms with Crippen LogP contribution in [0.3, 0.4) is 0 Å². The Bertz CT molecular complexity index is 459. The molecule has 1 amide bonds. The monoisotopic (exact) mass is 263 g/mol. The molecule has 1 N–H and O–H groups in total. The fourth-order valence-corrected chi connectivity index (χ4v) is 2.59. The Morgan fingerprint density at radius 1 is 1.37 bits per heavy atom. The molecule has 0 aromatic carbocycles. The molecule has 0 saturated carbocycles. The number of hydrogen-bond acceptors (Lipinski definition) is 3. The van der Waals surface area contributed by atoms with Crippen LogP contribution in [0.4, 0.5) is 0 Å². The second kappa shape index (κ2) is 6.02. The van der Waals surface area contributed by atoms with Crippen LogP contribution in [-0.2, 0) is 11.8 Å². The summed E-state index contributed by atoms with van der Waals surface area (Å²) < 4.78 is 1.85. The fourth-order valence-electron chi connectivity index (χ4n) is 2.59. The number of likely N-dealkylation sites (tertiary alicyclic amines) is 1. The molecule has 0 unspecified atom stereocenters. The van der Waals surface area contributed by atoms with E-state index in [9.17, 15) is 9.59 Å². The third kappa shape index (κ3) is 3.23. The fraction of sp³-hybridized carbons (Fsp3) is 0.571. The summed E-state index contributed by atoms with van der Waals surface area (Å²) in [5, 5.41) is 2.69. The van der Waals surface area contributed by atoms with Crippen LogP contribution in [-0.4, -0.2) is 47.8 Å². The number of Topliss-reactive ketones (excluding diaryl/α,β-unsaturated/α-hetero) is 1. The van der Waals surface area contributed by atoms with Crippen molar-refractivity contribution in [3.63, 3.8) is 0 Å². The number of hydrogen-bond donors (Lipinski definition) is 1. The lowest BCUT2D eigenvalue weighted by molar-refractivity contribution is -0.125. The lowest BCUT2D eigenvalue weighted by Crippen LogP contribution is -2.41. The molecular weight excluding hydrogens is 242 g/mol. The van der Waals surface area contributed by atoms with Crippen LogP contribution in [0.1, 0.15) is 23.3 Å². The van der Waals surface area contributed by atoms with E-state index in [-0.39, 0.29) is 17.6 Å². The standard InChI is InChI=1S/C14H21N3O2/c1-15-14(19)11-5-8-17(9-6-11)10-13(18)12-4-3-7-16(12)2/h3-4,7,11H,5-6,8-10H2,1-2H3,(H,15,19). The van der Waals surface area contributed by atoms with E-state index in [4.69, 9.17) is 0 Å². The van der Waals surface area contributed by atoms with Crippen molar-refractivity contribution in [2.45, 2.75) is 12.8 Å². The molecule has 0 aliphatic carbocycles. The molecule has 5 nitrogen and oxygen atoms in total. The van der Waals surface area contributed by atoms with Gasteiger partial charge in [-0.3, -0.25) is 14.5 Å². The van der Waals surface area contributed by atoms with Crippen molar-refractivity contribution < 1.29 is 9.59 Å². The number of nitrogens with one attached hydrogen (secondary N) is 1. The molecule has 104 valence electrons. The Kier molecular flexibility index (Phi) is 4.37. The van der Waals surface area contributed by atoms with Gasteiger partial charge >= 0.3 is 0 Å². The highest BCUT2D eigenvalue weighted by molar-refractivity contribution is 5.96. The smallest absolute Gasteiger partial charge is 0.222 e. The molecule has 5 heteroatoms. The number of piperidine rings is 1. The summed E-state index contributed by atoms with van der Waals surface area (Å²) in [7, 11) is 3.55. The number of aromatic nitrogens is 1. The number of amides is 1. The van der Waals surface area contributed by atoms with Crippen molar-refractivity contribution in [1.82, 2.24) is 14.8 Å². The average molecular weight is 263 g/mol. The highest BCUT2D eigenvalue weighted by Crippen LogP contribution is 2.17. The number of ketones is 1. The number of rotatable bonds is 4. The predicted molar refractivity (Wildman–Crippen MR) is 73.0 cm³/mol. The maximum absolute atomic E-state index is 12.1. The van der Waals surface area contributed by atoms with Gasteiger partial charge in [0.25, 0.3) is 0 Å². The van der Waals surface area contributed by atoms with Gasteiger partial charge in [-0.25, -0.2) is 0 Å². The van der Waals surface area contributed by atoms with Gasteiger partial charge < -0.3 is 9.88 Å². The third-order valence-corrected chi connectivity index (χ3v) is 3.80. The van der Waals surface area contributed by atoms with Crippen molar-refractivity contribution in [2.24, 2.45) is 13.0 Å². The molecule has 1 aliphatic heterocycles. The van der Waals surface area contributed by atoms with Gasteiger partial charge in [-0.2, -0.15) is 0 Å². The molecule has 1 aliphatic rings. The van der Waals surface area contributed by atoms with Crippen molar-refractivity contribution in [3.05, 3.63) is 24.0 Å². The Morgan fingerprint density at radius 2 is 2.05 bits per heavy atom. The first kappa shape index (κ1) is 13.8. The van der Waals surface area contributed by atoms with E-state index < -0.39 is 0 Å². The van der Waals surface area contributed by atoms with E-state index in [1.165, 1.54) is 0 Å². The van der Waals surface area contributed by atoms with Crippen LogP contribution in [0, 0.1) is 5.92 Å². The van der Waals surface area contributed by atoms with Gasteiger partial charge in [0.15, 0.2) is 5.78 Å². The van der Waals surface area contributed by atoms with Crippen molar-refractivity contribution in [3.8, 4) is 0 Å². The summed E-state index contributed by atoms with van der Waals surface area (Å²) in [6.45, 7) is 2.07. The topological polar surface area (TPSA) is 54.3 Å². The van der Waals surface area contributed by atoms with Gasteiger partial charge in [0, 0.05) is 26.2 Å². The molecule has 1 saturated heterocycles. The molecular formula is C14H21N3O2. The predicted octanol–water partition coefficient (Wildman–Crippen LogP) is 0.666. The maximum atomic E-state index is 12.1. The number of aryl methyl sites for hydroxylation is 1. The number of nitrogens with zero attached hydrogens (tertiary/aromatic N) is 2. The zero-order valence-corrected chi connectivity index (χ0v) is 11.6. The van der Waals surface area contributed by atoms with Crippen LogP contribution in [0.2, 0.25) is 0 Å². The highest BCUT2D eigenvalue weighted by atomic mass is 16.1. The van der Waals surface area contributed by atoms with Gasteiger partial charge in [0.1, 0.15) is 0 Å². The normalized spacial score (nSPS) is 17.4. The molecule has 1 aromatic rings. The van der Waals surface area contributed by atoms with Crippen LogP contribution < -0.4 is 5.32 Å². The minimum atomic E-state index is 0.103. The number of carbonyl (C=O) groups excluding carboxylic acids is 2. The zero-order valence-electron chi connectivity index (χ0n) is 11.6. The SMILES string of the molecule is CNC(=O)C1CCN(CC(=O)c2cccn2C)CC1. The van der Waals surface area contributed by atoms with Crippen molar-refractivity contribution >= 4 is 11.7 Å². The van der Waals surface area contributed by atoms with E-state index in [0.717, 1.165) is 31.6 Å². The average Bonchev–Trinajstić information content (AvgIpc) is 2.85. The lowest BCUT2D eigenvalue weighted by atomic mass is 9.96. The first-order chi connectivity index (χ1) is 9.11. The molecule has 0 atom stereocenters. The summed E-state index contributed by atoms with van der Waals surface area (Å²) in [5.74, 6) is 0.366. The largest absolute Gasteiger partial charge is 0.359 e. The van der Waals surface area contributed by atoms with E-state index in [2.05, 4.69) is 10.2 Å². The van der Waals surface area contributed by atoms with Gasteiger partial charge in [-0.1, -0.05) is 0 Å². The first-order valence-electron chi connectivity index (χ1n) is 6.70. The number of carbonyl (C=O) groups is 2. The Hall–Kier alpha value is -1.62. The molecule has 19 heavy (non-hydrogen) atoms. The molecule has 2 heterocycles. The Morgan fingerprint density at radius 3 is 2.58 bits per heavy atom. The molecule has 0 spiro atoms. The third-order valence-electron chi connectivity index (χ3n) is 3.80. The van der Waals surface area contributed by atoms with Gasteiger partial charge in [-0.05, 0) is 38.1 Å². The second-order valence-electron chi connectivity index (χ2n) is 5.09. The maximum Gasteiger partial charge on any atom is 0.222 e. The van der Waals surface area contributed by atoms with Gasteiger partial charge in [0.05, 0.1) is 12.2 Å². The highest BCUT2D eigenvalue weighted by Gasteiger charge is 2.25. The molecule has 2 rings (SSSR count). The Balaban J connectivity index is 1.85. The van der Waals surface area contributed by atoms with Gasteiger partial charge in [0.2, 0.25) is 5.91 Å². The van der Waals surface area contributed by atoms with Crippen molar-refractivity contribution in [2.75, 3.05) is 26.7 Å². The van der Waals surface area contributed by atoms with E-state index in [0.29, 0.717) is 6.54 Å². The summed E-state index contributed by atoms with van der Waals surface area (Å²) >= 11 is 0. The summed E-state index contributed by atoms with van der Waals surface area (Å²) in [6, 6.07) is 3.73. The van der Waals surface area contributed by atoms with Crippen LogP contribution in [0.5, 0.6) is 0 Å². The van der Waals surface area contributed by atoms with Gasteiger partial charge in [-0.15, -0.1) is 0 Å². The second-order valence-corrected chi connectivity index (χ2v) is 5.09. The summed E-state index contributed by atoms with van der Waals surface area (Å²) in [5.41, 5.74) is 0.744. The molecule has 1 fully saturated rings. The van der Waals surface area contributed by atoms with Crippen LogP contribution in [0.15, 0.2) is 18.3 Å². The molecule has 0 bridgehead atoms. The summed E-state index contributed by atoms with van der Waals surface area (Å²) in [6.07, 6.45) is 3.55. The molecule has 0 radical (unpaired) electrons. The van der Waals surface area contributed by atoms with E-state index in [1.54, 1.807) is 7.05 Å². The minimum Gasteiger partial charge on any atom is -0.359 e. The van der Waals surface area contributed by atoms with E-state index in [1.807, 2.05) is 29.9 Å². The first-order valence-corrected chi connectivity index (χ1v) is 6.70.